The molecule has 2 aromatic heterocycles. The van der Waals surface area contributed by atoms with Crippen molar-refractivity contribution in [2.45, 2.75) is 18.8 Å². The van der Waals surface area contributed by atoms with Gasteiger partial charge in [-0.05, 0) is 17.7 Å². The maximum atomic E-state index is 13.9. The first-order chi connectivity index (χ1) is 19.1. The third-order valence-electron chi connectivity index (χ3n) is 6.50. The van der Waals surface area contributed by atoms with Crippen LogP contribution in [0.5, 0.6) is 5.75 Å². The Morgan fingerprint density at radius 1 is 1.30 bits per heavy atom. The minimum atomic E-state index is -4.54. The summed E-state index contributed by atoms with van der Waals surface area (Å²) in [5.74, 6) is 0.449. The number of fused-ring (bicyclic) bond motifs is 1. The fourth-order valence-electron chi connectivity index (χ4n) is 4.37. The first kappa shape index (κ1) is 28.1. The predicted octanol–water partition coefficient (Wildman–Crippen LogP) is 4.14. The molecule has 5 rings (SSSR count). The third-order valence-corrected chi connectivity index (χ3v) is 7.17. The molecule has 0 spiro atoms. The summed E-state index contributed by atoms with van der Waals surface area (Å²) in [4.78, 5) is 14.6. The van der Waals surface area contributed by atoms with Crippen molar-refractivity contribution >= 4 is 57.4 Å². The van der Waals surface area contributed by atoms with Crippen molar-refractivity contribution in [1.82, 2.24) is 19.4 Å². The van der Waals surface area contributed by atoms with Crippen LogP contribution in [0.3, 0.4) is 0 Å². The molecule has 2 aliphatic heterocycles. The number of allylic oxidation sites excluding steroid dienone is 2. The van der Waals surface area contributed by atoms with E-state index < -0.39 is 11.7 Å². The highest BCUT2D eigenvalue weighted by molar-refractivity contribution is 6.69. The summed E-state index contributed by atoms with van der Waals surface area (Å²) in [6, 6.07) is 4.10. The van der Waals surface area contributed by atoms with E-state index in [4.69, 9.17) is 38.1 Å². The number of imidazole rings is 1. The summed E-state index contributed by atoms with van der Waals surface area (Å²) in [5.41, 5.74) is 0.659. The Bertz CT molecular complexity index is 1560. The minimum absolute atomic E-state index is 0.0434. The zero-order chi connectivity index (χ0) is 28.6. The van der Waals surface area contributed by atoms with Gasteiger partial charge in [0.1, 0.15) is 16.7 Å². The molecule has 10 nitrogen and oxygen atoms in total. The molecule has 40 heavy (non-hydrogen) atoms. The van der Waals surface area contributed by atoms with Crippen LogP contribution in [0.15, 0.2) is 53.2 Å². The van der Waals surface area contributed by atoms with E-state index >= 15 is 0 Å². The molecule has 3 aromatic rings. The lowest BCUT2D eigenvalue weighted by molar-refractivity contribution is -0.528. The number of rotatable bonds is 8. The summed E-state index contributed by atoms with van der Waals surface area (Å²) < 4.78 is 54.4. The van der Waals surface area contributed by atoms with E-state index in [2.05, 4.69) is 20.3 Å². The molecule has 4 N–H and O–H groups in total. The van der Waals surface area contributed by atoms with Crippen LogP contribution in [-0.2, 0) is 24.5 Å². The second-order valence-electron chi connectivity index (χ2n) is 9.10. The van der Waals surface area contributed by atoms with E-state index in [1.807, 2.05) is 4.90 Å². The maximum Gasteiger partial charge on any atom is 0.416 e. The van der Waals surface area contributed by atoms with Gasteiger partial charge in [0.2, 0.25) is 17.4 Å². The number of methoxy groups -OCH3 is 1. The van der Waals surface area contributed by atoms with Gasteiger partial charge in [-0.2, -0.15) is 18.2 Å². The van der Waals surface area contributed by atoms with Crippen LogP contribution >= 0.6 is 23.2 Å². The molecule has 1 saturated heterocycles. The minimum Gasteiger partial charge on any atom is -0.446 e. The normalized spacial score (nSPS) is 17.5. The van der Waals surface area contributed by atoms with Crippen molar-refractivity contribution in [3.8, 4) is 5.75 Å². The van der Waals surface area contributed by atoms with Crippen molar-refractivity contribution in [2.75, 3.05) is 25.5 Å². The topological polar surface area (TPSA) is 117 Å². The van der Waals surface area contributed by atoms with Crippen molar-refractivity contribution in [2.24, 2.45) is 12.0 Å². The number of nitrogens with two attached hydrogens (primary N) is 1. The second-order valence-corrected chi connectivity index (χ2v) is 9.84. The average Bonchev–Trinajstić information content (AvgIpc) is 3.21. The molecule has 0 radical (unpaired) electrons. The molecular formula is C25H24Cl2F3N8O2+. The predicted molar refractivity (Wildman–Crippen MR) is 145 cm³/mol. The van der Waals surface area contributed by atoms with Gasteiger partial charge in [-0.1, -0.05) is 29.3 Å². The van der Waals surface area contributed by atoms with Gasteiger partial charge in [-0.3, -0.25) is 10.2 Å². The van der Waals surface area contributed by atoms with Crippen LogP contribution in [0, 0.1) is 5.41 Å². The second kappa shape index (κ2) is 11.2. The molecule has 0 saturated carbocycles. The Hall–Kier alpha value is -3.49. The standard InChI is InChI=1S/C25H23Cl2F3N8O2/c1-37-21-19(26)18(40-17(8-31)20-22(27)33-6-5-32-20)9-34-23(21)36-24(37)35-14-4-3-13(16(7-14)25(28,29)30)10-38-11-15(12-38)39-2/h3-9,15,31-32H,10-12H2,1-2H3,(H,34,35,36)/p+1/b20-17+,31-8?. The monoisotopic (exact) mass is 595 g/mol. The number of quaternary nitrogens is 1. The molecule has 0 bridgehead atoms. The highest BCUT2D eigenvalue weighted by Crippen LogP contribution is 2.37. The Kier molecular flexibility index (Phi) is 7.84. The third kappa shape index (κ3) is 5.56. The Morgan fingerprint density at radius 2 is 2.08 bits per heavy atom. The van der Waals surface area contributed by atoms with Gasteiger partial charge in [0.25, 0.3) is 0 Å². The zero-order valence-electron chi connectivity index (χ0n) is 21.3. The summed E-state index contributed by atoms with van der Waals surface area (Å²) in [6.07, 6.45) is 0.973. The van der Waals surface area contributed by atoms with Crippen LogP contribution in [-0.4, -0.2) is 57.1 Å². The molecule has 0 aliphatic carbocycles. The molecule has 0 atom stereocenters. The lowest BCUT2D eigenvalue weighted by atomic mass is 10.0. The molecule has 1 fully saturated rings. The number of anilines is 2. The number of aliphatic imine (C=N–C) groups is 1. The lowest BCUT2D eigenvalue weighted by Crippen LogP contribution is -2.78. The van der Waals surface area contributed by atoms with Gasteiger partial charge in [-0.15, -0.1) is 0 Å². The number of hydrogen-bond acceptors (Lipinski definition) is 8. The summed E-state index contributed by atoms with van der Waals surface area (Å²) in [5, 5.41) is 12.6. The lowest BCUT2D eigenvalue weighted by Gasteiger charge is -2.38. The molecule has 1 aromatic carbocycles. The number of aryl methyl sites for hydroxylation is 1. The van der Waals surface area contributed by atoms with Gasteiger partial charge in [0, 0.05) is 39.5 Å². The number of nitrogens with one attached hydrogen (secondary N) is 2. The van der Waals surface area contributed by atoms with Crippen molar-refractivity contribution in [1.29, 1.82) is 5.41 Å². The molecule has 0 amide bonds. The van der Waals surface area contributed by atoms with E-state index in [1.54, 1.807) is 36.3 Å². The molecule has 4 heterocycles. The van der Waals surface area contributed by atoms with Gasteiger partial charge >= 0.3 is 6.18 Å². The van der Waals surface area contributed by atoms with Gasteiger partial charge < -0.3 is 24.8 Å². The number of pyridine rings is 1. The SMILES string of the molecule is COC1CN(Cc2ccc(Nc3nc4ncc(O/C(C=N)=C5/[NH2+]C=CN=C5Cl)c(Cl)c4n3C)cc2C(F)(F)F)C1. The molecular weight excluding hydrogens is 572 g/mol. The smallest absolute Gasteiger partial charge is 0.416 e. The number of alkyl halides is 3. The Labute approximate surface area is 236 Å². The quantitative estimate of drug-likeness (QED) is 0.266. The first-order valence-corrected chi connectivity index (χ1v) is 12.7. The van der Waals surface area contributed by atoms with Gasteiger partial charge in [-0.25, -0.2) is 9.98 Å². The summed E-state index contributed by atoms with van der Waals surface area (Å²) >= 11 is 12.8. The number of aromatic nitrogens is 3. The highest BCUT2D eigenvalue weighted by atomic mass is 35.5. The van der Waals surface area contributed by atoms with Crippen LogP contribution < -0.4 is 15.4 Å². The molecule has 210 valence electrons. The Morgan fingerprint density at radius 3 is 2.75 bits per heavy atom. The number of hydrogen-bond donors (Lipinski definition) is 3. The average molecular weight is 596 g/mol. The van der Waals surface area contributed by atoms with E-state index in [-0.39, 0.29) is 57.2 Å². The van der Waals surface area contributed by atoms with Crippen LogP contribution in [0.2, 0.25) is 5.02 Å². The molecule has 0 unspecified atom stereocenters. The highest BCUT2D eigenvalue weighted by Gasteiger charge is 2.35. The van der Waals surface area contributed by atoms with E-state index in [9.17, 15) is 13.2 Å². The van der Waals surface area contributed by atoms with E-state index in [0.717, 1.165) is 12.3 Å². The summed E-state index contributed by atoms with van der Waals surface area (Å²) in [7, 11) is 3.23. The van der Waals surface area contributed by atoms with Gasteiger partial charge in [0.05, 0.1) is 30.3 Å². The van der Waals surface area contributed by atoms with E-state index in [0.29, 0.717) is 24.3 Å². The van der Waals surface area contributed by atoms with Gasteiger partial charge in [0.15, 0.2) is 16.6 Å². The van der Waals surface area contributed by atoms with Crippen molar-refractivity contribution in [3.63, 3.8) is 0 Å². The fraction of sp³-hybridized carbons (Fsp3) is 0.280. The molecule has 15 heteroatoms. The van der Waals surface area contributed by atoms with Crippen LogP contribution in [0.4, 0.5) is 24.8 Å². The fourth-order valence-corrected chi connectivity index (χ4v) is 4.88. The number of nitrogens with zero attached hydrogens (tertiary/aromatic N) is 5. The Balaban J connectivity index is 1.42. The number of halogens is 5. The maximum absolute atomic E-state index is 13.9. The van der Waals surface area contributed by atoms with Crippen molar-refractivity contribution in [3.05, 3.63) is 64.4 Å². The van der Waals surface area contributed by atoms with Crippen LogP contribution in [0.1, 0.15) is 11.1 Å². The molecule has 2 aliphatic rings. The number of ether oxygens (including phenoxy) is 2. The van der Waals surface area contributed by atoms with Crippen molar-refractivity contribution < 1.29 is 28.0 Å². The largest absolute Gasteiger partial charge is 0.446 e. The zero-order valence-corrected chi connectivity index (χ0v) is 22.8. The van der Waals surface area contributed by atoms with E-state index in [1.165, 1.54) is 18.5 Å². The summed E-state index contributed by atoms with van der Waals surface area (Å²) in [6.45, 7) is 1.34. The number of benzene rings is 1. The first-order valence-electron chi connectivity index (χ1n) is 12.0. The van der Waals surface area contributed by atoms with Crippen LogP contribution in [0.25, 0.3) is 11.2 Å². The number of likely N-dealkylation sites (tertiary alicyclic amines) is 1.